The second-order valence-corrected chi connectivity index (χ2v) is 7.75. The Kier molecular flexibility index (Phi) is 12.4. The highest BCUT2D eigenvalue weighted by Crippen LogP contribution is 2.17. The first-order valence-corrected chi connectivity index (χ1v) is 11.9. The van der Waals surface area contributed by atoms with Crippen molar-refractivity contribution in [1.29, 1.82) is 0 Å². The summed E-state index contributed by atoms with van der Waals surface area (Å²) in [6, 6.07) is 13.6. The number of unbranched alkanes of at least 4 members (excludes halogenated alkanes) is 3. The lowest BCUT2D eigenvalue weighted by molar-refractivity contribution is 0.0930. The Hall–Kier alpha value is -3.17. The van der Waals surface area contributed by atoms with Crippen LogP contribution in [0.15, 0.2) is 48.5 Å². The minimum absolute atomic E-state index is 0.0468. The topological polar surface area (TPSA) is 97.9 Å². The number of carbonyl (C=O) groups is 2. The van der Waals surface area contributed by atoms with Crippen molar-refractivity contribution in [2.75, 3.05) is 26.4 Å². The third-order valence-corrected chi connectivity index (χ3v) is 4.92. The number of benzene rings is 2. The van der Waals surface area contributed by atoms with Crippen LogP contribution in [0.25, 0.3) is 0 Å². The van der Waals surface area contributed by atoms with Gasteiger partial charge in [-0.1, -0.05) is 38.3 Å². The van der Waals surface area contributed by atoms with E-state index >= 15 is 0 Å². The van der Waals surface area contributed by atoms with Gasteiger partial charge >= 0.3 is 0 Å². The molecule has 2 aromatic rings. The van der Waals surface area contributed by atoms with Gasteiger partial charge in [0.15, 0.2) is 5.11 Å². The third kappa shape index (κ3) is 9.76. The van der Waals surface area contributed by atoms with Crippen molar-refractivity contribution < 1.29 is 23.8 Å². The predicted molar refractivity (Wildman–Crippen MR) is 135 cm³/mol. The molecule has 184 valence electrons. The Balaban J connectivity index is 1.78. The summed E-state index contributed by atoms with van der Waals surface area (Å²) >= 11 is 5.12. The fraction of sp³-hybridized carbons (Fsp3) is 0.400. The van der Waals surface area contributed by atoms with Gasteiger partial charge < -0.3 is 14.2 Å². The summed E-state index contributed by atoms with van der Waals surface area (Å²) in [5.74, 6) is 0.273. The Morgan fingerprint density at radius 1 is 0.824 bits per heavy atom. The fourth-order valence-corrected chi connectivity index (χ4v) is 3.09. The number of rotatable bonds is 13. The summed E-state index contributed by atoms with van der Waals surface area (Å²) in [5.41, 5.74) is 5.75. The van der Waals surface area contributed by atoms with Crippen molar-refractivity contribution in [3.05, 3.63) is 59.7 Å². The van der Waals surface area contributed by atoms with E-state index in [0.717, 1.165) is 12.8 Å². The second kappa shape index (κ2) is 15.6. The van der Waals surface area contributed by atoms with E-state index in [4.69, 9.17) is 26.4 Å². The molecule has 3 N–H and O–H groups in total. The normalized spacial score (nSPS) is 10.3. The van der Waals surface area contributed by atoms with Crippen LogP contribution in [0.4, 0.5) is 0 Å². The van der Waals surface area contributed by atoms with E-state index in [2.05, 4.69) is 23.1 Å². The number of ether oxygens (including phenoxy) is 3. The maximum atomic E-state index is 12.6. The molecule has 9 heteroatoms. The van der Waals surface area contributed by atoms with Gasteiger partial charge in [0.1, 0.15) is 18.1 Å². The molecule has 2 amide bonds. The van der Waals surface area contributed by atoms with Crippen molar-refractivity contribution in [1.82, 2.24) is 16.2 Å². The lowest BCUT2D eigenvalue weighted by Crippen LogP contribution is -2.48. The molecular formula is C25H33N3O5S. The van der Waals surface area contributed by atoms with Crippen molar-refractivity contribution in [3.63, 3.8) is 0 Å². The van der Waals surface area contributed by atoms with Crippen molar-refractivity contribution in [2.45, 2.75) is 39.5 Å². The molecule has 0 aliphatic heterocycles. The van der Waals surface area contributed by atoms with Crippen molar-refractivity contribution >= 4 is 29.1 Å². The SMILES string of the molecule is CCCCCCOc1ccc(C(=O)NNC(=S)NC(=O)c2ccccc2OCCOCC)cc1. The lowest BCUT2D eigenvalue weighted by Gasteiger charge is -2.13. The van der Waals surface area contributed by atoms with Gasteiger partial charge in [0, 0.05) is 12.2 Å². The van der Waals surface area contributed by atoms with Crippen LogP contribution in [-0.2, 0) is 4.74 Å². The molecule has 34 heavy (non-hydrogen) atoms. The van der Waals surface area contributed by atoms with Crippen molar-refractivity contribution in [3.8, 4) is 11.5 Å². The second-order valence-electron chi connectivity index (χ2n) is 7.34. The number of thiocarbonyl (C=S) groups is 1. The number of hydrazine groups is 1. The van der Waals surface area contributed by atoms with Crippen LogP contribution >= 0.6 is 12.2 Å². The van der Waals surface area contributed by atoms with E-state index in [1.165, 1.54) is 12.8 Å². The molecule has 8 nitrogen and oxygen atoms in total. The van der Waals surface area contributed by atoms with Crippen LogP contribution in [0.1, 0.15) is 60.2 Å². The maximum absolute atomic E-state index is 12.6. The molecule has 0 spiro atoms. The minimum atomic E-state index is -0.459. The average molecular weight is 488 g/mol. The average Bonchev–Trinajstić information content (AvgIpc) is 2.85. The molecule has 0 radical (unpaired) electrons. The number of hydrogen-bond acceptors (Lipinski definition) is 6. The molecule has 0 bridgehead atoms. The lowest BCUT2D eigenvalue weighted by atomic mass is 10.2. The molecule has 0 saturated heterocycles. The summed E-state index contributed by atoms with van der Waals surface area (Å²) < 4.78 is 16.5. The van der Waals surface area contributed by atoms with Crippen LogP contribution in [0.2, 0.25) is 0 Å². The van der Waals surface area contributed by atoms with Gasteiger partial charge in [-0.2, -0.15) is 0 Å². The van der Waals surface area contributed by atoms with E-state index in [9.17, 15) is 9.59 Å². The number of amides is 2. The Morgan fingerprint density at radius 2 is 1.59 bits per heavy atom. The molecule has 0 heterocycles. The molecule has 0 atom stereocenters. The predicted octanol–water partition coefficient (Wildman–Crippen LogP) is 4.01. The maximum Gasteiger partial charge on any atom is 0.269 e. The molecule has 0 fully saturated rings. The zero-order valence-electron chi connectivity index (χ0n) is 19.7. The van der Waals surface area contributed by atoms with E-state index in [-0.39, 0.29) is 5.11 Å². The molecule has 0 unspecified atom stereocenters. The fourth-order valence-electron chi connectivity index (χ4n) is 2.94. The van der Waals surface area contributed by atoms with Gasteiger partial charge in [-0.15, -0.1) is 0 Å². The Labute approximate surface area is 206 Å². The van der Waals surface area contributed by atoms with Crippen molar-refractivity contribution in [2.24, 2.45) is 0 Å². The standard InChI is InChI=1S/C25H33N3O5S/c1-3-5-6-9-16-32-20-14-12-19(13-15-20)23(29)27-28-25(34)26-24(30)21-10-7-8-11-22(21)33-18-17-31-4-2/h7-8,10-15H,3-6,9,16-18H2,1-2H3,(H,27,29)(H2,26,28,30,34). The largest absolute Gasteiger partial charge is 0.494 e. The summed E-state index contributed by atoms with van der Waals surface area (Å²) in [4.78, 5) is 24.9. The van der Waals surface area contributed by atoms with Crippen LogP contribution in [-0.4, -0.2) is 43.4 Å². The van der Waals surface area contributed by atoms with Gasteiger partial charge in [-0.05, 0) is 62.0 Å². The first-order chi connectivity index (χ1) is 16.5. The number of carbonyl (C=O) groups excluding carboxylic acids is 2. The molecular weight excluding hydrogens is 454 g/mol. The number of nitrogens with one attached hydrogen (secondary N) is 3. The molecule has 0 aliphatic rings. The molecule has 2 aromatic carbocycles. The monoisotopic (exact) mass is 487 g/mol. The summed E-state index contributed by atoms with van der Waals surface area (Å²) in [6.07, 6.45) is 4.53. The zero-order chi connectivity index (χ0) is 24.6. The highest BCUT2D eigenvalue weighted by atomic mass is 32.1. The quantitative estimate of drug-likeness (QED) is 0.223. The van der Waals surface area contributed by atoms with Gasteiger partial charge in [0.25, 0.3) is 11.8 Å². The summed E-state index contributed by atoms with van der Waals surface area (Å²) in [7, 11) is 0. The van der Waals surface area contributed by atoms with E-state index in [1.807, 2.05) is 6.92 Å². The third-order valence-electron chi connectivity index (χ3n) is 4.72. The van der Waals surface area contributed by atoms with E-state index in [0.29, 0.717) is 49.1 Å². The summed E-state index contributed by atoms with van der Waals surface area (Å²) in [5, 5.41) is 2.48. The Morgan fingerprint density at radius 3 is 2.32 bits per heavy atom. The van der Waals surface area contributed by atoms with Gasteiger partial charge in [-0.3, -0.25) is 25.8 Å². The smallest absolute Gasteiger partial charge is 0.269 e. The summed E-state index contributed by atoms with van der Waals surface area (Å²) in [6.45, 7) is 6.05. The first-order valence-electron chi connectivity index (χ1n) is 11.5. The number of para-hydroxylation sites is 1. The van der Waals surface area contributed by atoms with Gasteiger partial charge in [-0.25, -0.2) is 0 Å². The van der Waals surface area contributed by atoms with Crippen LogP contribution in [0.5, 0.6) is 11.5 Å². The first kappa shape index (κ1) is 27.1. The molecule has 0 saturated carbocycles. The molecule has 0 aliphatic carbocycles. The highest BCUT2D eigenvalue weighted by Gasteiger charge is 2.14. The Bertz CT molecular complexity index is 921. The van der Waals surface area contributed by atoms with Gasteiger partial charge in [0.05, 0.1) is 18.8 Å². The van der Waals surface area contributed by atoms with Crippen LogP contribution in [0, 0.1) is 0 Å². The zero-order valence-corrected chi connectivity index (χ0v) is 20.5. The number of hydrogen-bond donors (Lipinski definition) is 3. The van der Waals surface area contributed by atoms with E-state index < -0.39 is 11.8 Å². The molecule has 0 aromatic heterocycles. The minimum Gasteiger partial charge on any atom is -0.494 e. The highest BCUT2D eigenvalue weighted by molar-refractivity contribution is 7.80. The van der Waals surface area contributed by atoms with Crippen LogP contribution in [0.3, 0.4) is 0 Å². The van der Waals surface area contributed by atoms with Crippen LogP contribution < -0.4 is 25.6 Å². The van der Waals surface area contributed by atoms with Gasteiger partial charge in [0.2, 0.25) is 0 Å². The van der Waals surface area contributed by atoms with E-state index in [1.54, 1.807) is 48.5 Å². The molecule has 2 rings (SSSR count).